The highest BCUT2D eigenvalue weighted by atomic mass is 19.1. The van der Waals surface area contributed by atoms with E-state index in [-0.39, 0.29) is 11.9 Å². The molecule has 0 aromatic heterocycles. The standard InChI is InChI=1S/C15H16FN/c1-10-4-3-5-14(15(10)16)13-8-6-12(7-9-13)11(2)17/h3-9,11H,17H2,1-2H3. The van der Waals surface area contributed by atoms with Gasteiger partial charge in [-0.05, 0) is 30.5 Å². The van der Waals surface area contributed by atoms with Crippen LogP contribution >= 0.6 is 0 Å². The van der Waals surface area contributed by atoms with E-state index in [0.29, 0.717) is 11.1 Å². The maximum absolute atomic E-state index is 13.9. The fourth-order valence-corrected chi connectivity index (χ4v) is 1.84. The van der Waals surface area contributed by atoms with Crippen molar-refractivity contribution in [2.24, 2.45) is 5.73 Å². The van der Waals surface area contributed by atoms with Gasteiger partial charge in [-0.25, -0.2) is 4.39 Å². The molecule has 1 atom stereocenters. The first-order valence-corrected chi connectivity index (χ1v) is 5.70. The van der Waals surface area contributed by atoms with Crippen molar-refractivity contribution in [3.8, 4) is 11.1 Å². The van der Waals surface area contributed by atoms with Crippen molar-refractivity contribution in [1.82, 2.24) is 0 Å². The third-order valence-corrected chi connectivity index (χ3v) is 2.94. The average Bonchev–Trinajstić information content (AvgIpc) is 2.33. The number of hydrogen-bond acceptors (Lipinski definition) is 1. The van der Waals surface area contributed by atoms with E-state index in [9.17, 15) is 4.39 Å². The lowest BCUT2D eigenvalue weighted by Crippen LogP contribution is -2.04. The second-order valence-corrected chi connectivity index (χ2v) is 4.35. The first kappa shape index (κ1) is 11.8. The smallest absolute Gasteiger partial charge is 0.133 e. The Balaban J connectivity index is 2.43. The molecule has 0 fully saturated rings. The van der Waals surface area contributed by atoms with E-state index in [1.807, 2.05) is 37.3 Å². The first-order chi connectivity index (χ1) is 8.09. The zero-order valence-electron chi connectivity index (χ0n) is 10.1. The highest BCUT2D eigenvalue weighted by Gasteiger charge is 2.07. The van der Waals surface area contributed by atoms with E-state index in [2.05, 4.69) is 0 Å². The molecule has 0 aliphatic heterocycles. The van der Waals surface area contributed by atoms with E-state index in [1.165, 1.54) is 0 Å². The van der Waals surface area contributed by atoms with Gasteiger partial charge in [-0.1, -0.05) is 42.5 Å². The fraction of sp³-hybridized carbons (Fsp3) is 0.200. The van der Waals surface area contributed by atoms with Crippen molar-refractivity contribution in [2.75, 3.05) is 0 Å². The minimum Gasteiger partial charge on any atom is -0.324 e. The van der Waals surface area contributed by atoms with Gasteiger partial charge < -0.3 is 5.73 Å². The number of nitrogens with two attached hydrogens (primary N) is 1. The zero-order chi connectivity index (χ0) is 12.4. The lowest BCUT2D eigenvalue weighted by Gasteiger charge is -2.09. The van der Waals surface area contributed by atoms with Crippen LogP contribution in [0, 0.1) is 12.7 Å². The molecule has 2 heteroatoms. The molecule has 2 rings (SSSR count). The molecule has 0 bridgehead atoms. The van der Waals surface area contributed by atoms with E-state index >= 15 is 0 Å². The molecule has 2 aromatic carbocycles. The molecule has 17 heavy (non-hydrogen) atoms. The van der Waals surface area contributed by atoms with Gasteiger partial charge in [0.05, 0.1) is 0 Å². The Kier molecular flexibility index (Phi) is 3.25. The maximum Gasteiger partial charge on any atom is 0.133 e. The summed E-state index contributed by atoms with van der Waals surface area (Å²) in [7, 11) is 0. The minimum absolute atomic E-state index is 0.00593. The van der Waals surface area contributed by atoms with Crippen molar-refractivity contribution in [3.05, 3.63) is 59.4 Å². The predicted molar refractivity (Wildman–Crippen MR) is 69.2 cm³/mol. The highest BCUT2D eigenvalue weighted by molar-refractivity contribution is 5.65. The van der Waals surface area contributed by atoms with Crippen molar-refractivity contribution >= 4 is 0 Å². The Morgan fingerprint density at radius 1 is 1.06 bits per heavy atom. The van der Waals surface area contributed by atoms with Crippen LogP contribution in [0.25, 0.3) is 11.1 Å². The first-order valence-electron chi connectivity index (χ1n) is 5.70. The van der Waals surface area contributed by atoms with Gasteiger partial charge in [-0.2, -0.15) is 0 Å². The van der Waals surface area contributed by atoms with Gasteiger partial charge in [0, 0.05) is 11.6 Å². The molecule has 0 saturated heterocycles. The van der Waals surface area contributed by atoms with Crippen molar-refractivity contribution in [1.29, 1.82) is 0 Å². The van der Waals surface area contributed by atoms with Crippen molar-refractivity contribution in [2.45, 2.75) is 19.9 Å². The maximum atomic E-state index is 13.9. The third-order valence-electron chi connectivity index (χ3n) is 2.94. The highest BCUT2D eigenvalue weighted by Crippen LogP contribution is 2.25. The SMILES string of the molecule is Cc1cccc(-c2ccc(C(C)N)cc2)c1F. The van der Waals surface area contributed by atoms with Crippen LogP contribution in [0.4, 0.5) is 4.39 Å². The largest absolute Gasteiger partial charge is 0.324 e. The summed E-state index contributed by atoms with van der Waals surface area (Å²) in [5, 5.41) is 0. The third kappa shape index (κ3) is 2.37. The Labute approximate surface area is 101 Å². The molecule has 0 radical (unpaired) electrons. The number of benzene rings is 2. The van der Waals surface area contributed by atoms with Crippen molar-refractivity contribution < 1.29 is 4.39 Å². The van der Waals surface area contributed by atoms with Gasteiger partial charge in [0.15, 0.2) is 0 Å². The Morgan fingerprint density at radius 3 is 2.29 bits per heavy atom. The van der Waals surface area contributed by atoms with Crippen LogP contribution in [0.15, 0.2) is 42.5 Å². The molecule has 0 amide bonds. The fourth-order valence-electron chi connectivity index (χ4n) is 1.84. The van der Waals surface area contributed by atoms with E-state index < -0.39 is 0 Å². The van der Waals surface area contributed by atoms with Gasteiger partial charge in [0.2, 0.25) is 0 Å². The molecule has 0 aliphatic rings. The van der Waals surface area contributed by atoms with Crippen LogP contribution in [-0.4, -0.2) is 0 Å². The molecular weight excluding hydrogens is 213 g/mol. The van der Waals surface area contributed by atoms with Crippen LogP contribution in [0.3, 0.4) is 0 Å². The molecule has 0 saturated carbocycles. The van der Waals surface area contributed by atoms with Crippen LogP contribution in [0.1, 0.15) is 24.1 Å². The van der Waals surface area contributed by atoms with E-state index in [4.69, 9.17) is 5.73 Å². The number of rotatable bonds is 2. The summed E-state index contributed by atoms with van der Waals surface area (Å²) < 4.78 is 13.9. The van der Waals surface area contributed by atoms with E-state index in [0.717, 1.165) is 11.1 Å². The molecule has 0 heterocycles. The molecule has 0 aliphatic carbocycles. The molecular formula is C15H16FN. The zero-order valence-corrected chi connectivity index (χ0v) is 10.1. The number of hydrogen-bond donors (Lipinski definition) is 1. The number of halogens is 1. The summed E-state index contributed by atoms with van der Waals surface area (Å²) in [6.45, 7) is 3.71. The predicted octanol–water partition coefficient (Wildman–Crippen LogP) is 3.82. The lowest BCUT2D eigenvalue weighted by atomic mass is 10.00. The van der Waals surface area contributed by atoms with Gasteiger partial charge in [-0.15, -0.1) is 0 Å². The van der Waals surface area contributed by atoms with Crippen LogP contribution in [0.5, 0.6) is 0 Å². The van der Waals surface area contributed by atoms with Gasteiger partial charge in [0.25, 0.3) is 0 Å². The molecule has 1 unspecified atom stereocenters. The molecule has 88 valence electrons. The summed E-state index contributed by atoms with van der Waals surface area (Å²) in [6, 6.07) is 13.2. The summed E-state index contributed by atoms with van der Waals surface area (Å²) in [4.78, 5) is 0. The summed E-state index contributed by atoms with van der Waals surface area (Å²) in [5.41, 5.74) is 9.03. The van der Waals surface area contributed by atoms with E-state index in [1.54, 1.807) is 19.1 Å². The number of aryl methyl sites for hydroxylation is 1. The van der Waals surface area contributed by atoms with Gasteiger partial charge in [-0.3, -0.25) is 0 Å². The molecule has 2 N–H and O–H groups in total. The Hall–Kier alpha value is -1.67. The summed E-state index contributed by atoms with van der Waals surface area (Å²) >= 11 is 0. The molecule has 1 nitrogen and oxygen atoms in total. The second kappa shape index (κ2) is 4.68. The average molecular weight is 229 g/mol. The summed E-state index contributed by atoms with van der Waals surface area (Å²) in [6.07, 6.45) is 0. The molecule has 0 spiro atoms. The lowest BCUT2D eigenvalue weighted by molar-refractivity contribution is 0.622. The Bertz CT molecular complexity index is 515. The molecule has 2 aromatic rings. The topological polar surface area (TPSA) is 26.0 Å². The van der Waals surface area contributed by atoms with Crippen LogP contribution in [0.2, 0.25) is 0 Å². The monoisotopic (exact) mass is 229 g/mol. The van der Waals surface area contributed by atoms with Gasteiger partial charge >= 0.3 is 0 Å². The Morgan fingerprint density at radius 2 is 1.71 bits per heavy atom. The normalized spacial score (nSPS) is 12.5. The van der Waals surface area contributed by atoms with Crippen molar-refractivity contribution in [3.63, 3.8) is 0 Å². The quantitative estimate of drug-likeness (QED) is 0.832. The second-order valence-electron chi connectivity index (χ2n) is 4.35. The van der Waals surface area contributed by atoms with Crippen LogP contribution < -0.4 is 5.73 Å². The minimum atomic E-state index is -0.152. The van der Waals surface area contributed by atoms with Crippen LogP contribution in [-0.2, 0) is 0 Å². The summed E-state index contributed by atoms with van der Waals surface area (Å²) in [5.74, 6) is -0.152. The van der Waals surface area contributed by atoms with Gasteiger partial charge in [0.1, 0.15) is 5.82 Å².